The van der Waals surface area contributed by atoms with Crippen LogP contribution in [0.3, 0.4) is 0 Å². The van der Waals surface area contributed by atoms with Gasteiger partial charge in [0.1, 0.15) is 5.15 Å². The molecule has 0 saturated heterocycles. The molecular weight excluding hydrogens is 242 g/mol. The van der Waals surface area contributed by atoms with Gasteiger partial charge in [0, 0.05) is 11.8 Å². The lowest BCUT2D eigenvalue weighted by Gasteiger charge is -1.94. The predicted octanol–water partition coefficient (Wildman–Crippen LogP) is 1.96. The van der Waals surface area contributed by atoms with Gasteiger partial charge in [-0.15, -0.1) is 0 Å². The van der Waals surface area contributed by atoms with Gasteiger partial charge in [-0.25, -0.2) is 9.50 Å². The Bertz CT molecular complexity index is 577. The van der Waals surface area contributed by atoms with E-state index in [0.717, 1.165) is 5.56 Å². The molecule has 0 spiro atoms. The van der Waals surface area contributed by atoms with E-state index in [4.69, 9.17) is 11.6 Å². The number of aromatic nitrogens is 3. The van der Waals surface area contributed by atoms with Crippen molar-refractivity contribution >= 4 is 29.3 Å². The molecule has 2 aromatic rings. The highest BCUT2D eigenvalue weighted by atomic mass is 35.5. The summed E-state index contributed by atoms with van der Waals surface area (Å²) in [6.07, 6.45) is 7.07. The summed E-state index contributed by atoms with van der Waals surface area (Å²) in [5, 5.41) is 4.51. The Kier molecular flexibility index (Phi) is 3.39. The van der Waals surface area contributed by atoms with Crippen LogP contribution in [0.2, 0.25) is 5.15 Å². The zero-order valence-electron chi connectivity index (χ0n) is 9.13. The first-order chi connectivity index (χ1) is 8.20. The van der Waals surface area contributed by atoms with Crippen molar-refractivity contribution in [1.82, 2.24) is 14.6 Å². The number of halogens is 1. The summed E-state index contributed by atoms with van der Waals surface area (Å²) in [5.74, 6) is -0.288. The van der Waals surface area contributed by atoms with E-state index in [1.807, 2.05) is 0 Å². The average Bonchev–Trinajstić information content (AvgIpc) is 2.72. The zero-order valence-corrected chi connectivity index (χ0v) is 9.89. The van der Waals surface area contributed by atoms with Crippen molar-refractivity contribution in [2.45, 2.75) is 6.42 Å². The van der Waals surface area contributed by atoms with Crippen molar-refractivity contribution in [3.8, 4) is 0 Å². The lowest BCUT2D eigenvalue weighted by molar-refractivity contribution is -0.139. The monoisotopic (exact) mass is 251 g/mol. The Morgan fingerprint density at radius 2 is 2.47 bits per heavy atom. The van der Waals surface area contributed by atoms with Gasteiger partial charge in [-0.1, -0.05) is 23.8 Å². The summed E-state index contributed by atoms with van der Waals surface area (Å²) in [4.78, 5) is 15.1. The van der Waals surface area contributed by atoms with Gasteiger partial charge in [0.15, 0.2) is 5.65 Å². The number of hydrogen-bond acceptors (Lipinski definition) is 4. The number of fused-ring (bicyclic) bond motifs is 1. The lowest BCUT2D eigenvalue weighted by atomic mass is 10.3. The predicted molar refractivity (Wildman–Crippen MR) is 63.7 cm³/mol. The summed E-state index contributed by atoms with van der Waals surface area (Å²) >= 11 is 5.80. The van der Waals surface area contributed by atoms with Crippen LogP contribution in [0.25, 0.3) is 11.7 Å². The standard InChI is InChI=1S/C11H10ClN3O2/c1-17-10(16)4-2-3-8-7-13-15-6-5-9(12)14-11(8)15/h2-3,5-7H,4H2,1H3. The highest BCUT2D eigenvalue weighted by molar-refractivity contribution is 6.29. The molecule has 0 amide bonds. The molecule has 0 saturated carbocycles. The van der Waals surface area contributed by atoms with E-state index in [1.165, 1.54) is 7.11 Å². The van der Waals surface area contributed by atoms with Crippen LogP contribution in [-0.2, 0) is 9.53 Å². The van der Waals surface area contributed by atoms with E-state index in [2.05, 4.69) is 14.8 Å². The zero-order chi connectivity index (χ0) is 12.3. The first kappa shape index (κ1) is 11.6. The third-order valence-electron chi connectivity index (χ3n) is 2.17. The van der Waals surface area contributed by atoms with Crippen LogP contribution in [0.4, 0.5) is 0 Å². The van der Waals surface area contributed by atoms with E-state index in [1.54, 1.807) is 35.1 Å². The van der Waals surface area contributed by atoms with Crippen molar-refractivity contribution in [3.05, 3.63) is 35.3 Å². The molecule has 0 aromatic carbocycles. The average molecular weight is 252 g/mol. The summed E-state index contributed by atoms with van der Waals surface area (Å²) < 4.78 is 6.14. The number of carbonyl (C=O) groups excluding carboxylic acids is 1. The molecule has 0 aliphatic carbocycles. The molecule has 2 rings (SSSR count). The quantitative estimate of drug-likeness (QED) is 0.618. The second-order valence-corrected chi connectivity index (χ2v) is 3.69. The summed E-state index contributed by atoms with van der Waals surface area (Å²) in [7, 11) is 1.35. The highest BCUT2D eigenvalue weighted by Gasteiger charge is 2.03. The van der Waals surface area contributed by atoms with Gasteiger partial charge in [-0.2, -0.15) is 5.10 Å². The molecule has 2 heterocycles. The molecule has 0 fully saturated rings. The largest absolute Gasteiger partial charge is 0.469 e. The number of rotatable bonds is 3. The van der Waals surface area contributed by atoms with Crippen LogP contribution in [0.5, 0.6) is 0 Å². The highest BCUT2D eigenvalue weighted by Crippen LogP contribution is 2.13. The normalized spacial score (nSPS) is 11.2. The van der Waals surface area contributed by atoms with E-state index >= 15 is 0 Å². The number of methoxy groups -OCH3 is 1. The molecule has 17 heavy (non-hydrogen) atoms. The van der Waals surface area contributed by atoms with Gasteiger partial charge in [0.25, 0.3) is 0 Å². The summed E-state index contributed by atoms with van der Waals surface area (Å²) in [6.45, 7) is 0. The van der Waals surface area contributed by atoms with Crippen LogP contribution in [0.1, 0.15) is 12.0 Å². The maximum atomic E-state index is 10.9. The number of hydrogen-bond donors (Lipinski definition) is 0. The van der Waals surface area contributed by atoms with Crippen LogP contribution < -0.4 is 0 Å². The first-order valence-electron chi connectivity index (χ1n) is 4.94. The van der Waals surface area contributed by atoms with Gasteiger partial charge in [0.2, 0.25) is 0 Å². The van der Waals surface area contributed by atoms with Gasteiger partial charge in [0.05, 0.1) is 19.7 Å². The van der Waals surface area contributed by atoms with Crippen LogP contribution >= 0.6 is 11.6 Å². The molecule has 88 valence electrons. The second kappa shape index (κ2) is 4.97. The molecule has 6 heteroatoms. The SMILES string of the molecule is COC(=O)CC=Cc1cnn2ccc(Cl)nc12. The van der Waals surface area contributed by atoms with Crippen molar-refractivity contribution in [1.29, 1.82) is 0 Å². The number of esters is 1. The molecular formula is C11H10ClN3O2. The minimum absolute atomic E-state index is 0.217. The maximum absolute atomic E-state index is 10.9. The summed E-state index contributed by atoms with van der Waals surface area (Å²) in [6, 6.07) is 1.66. The Morgan fingerprint density at radius 1 is 1.65 bits per heavy atom. The van der Waals surface area contributed by atoms with Crippen molar-refractivity contribution in [2.24, 2.45) is 0 Å². The Labute approximate surface area is 103 Å². The third-order valence-corrected chi connectivity index (χ3v) is 2.38. The van der Waals surface area contributed by atoms with Gasteiger partial charge >= 0.3 is 5.97 Å². The van der Waals surface area contributed by atoms with Crippen LogP contribution in [-0.4, -0.2) is 27.7 Å². The number of ether oxygens (including phenoxy) is 1. The number of nitrogens with zero attached hydrogens (tertiary/aromatic N) is 3. The summed E-state index contributed by atoms with van der Waals surface area (Å²) in [5.41, 5.74) is 1.45. The van der Waals surface area contributed by atoms with E-state index in [-0.39, 0.29) is 12.4 Å². The molecule has 0 atom stereocenters. The molecule has 0 aliphatic rings. The molecule has 0 aliphatic heterocycles. The fourth-order valence-corrected chi connectivity index (χ4v) is 1.48. The fourth-order valence-electron chi connectivity index (χ4n) is 1.35. The topological polar surface area (TPSA) is 56.5 Å². The third kappa shape index (κ3) is 2.62. The fraction of sp³-hybridized carbons (Fsp3) is 0.182. The van der Waals surface area contributed by atoms with Gasteiger partial charge < -0.3 is 4.74 Å². The molecule has 0 unspecified atom stereocenters. The van der Waals surface area contributed by atoms with Crippen LogP contribution in [0.15, 0.2) is 24.5 Å². The second-order valence-electron chi connectivity index (χ2n) is 3.30. The minimum Gasteiger partial charge on any atom is -0.469 e. The molecule has 0 bridgehead atoms. The van der Waals surface area contributed by atoms with Gasteiger partial charge in [-0.05, 0) is 6.07 Å². The van der Waals surface area contributed by atoms with Crippen LogP contribution in [0, 0.1) is 0 Å². The maximum Gasteiger partial charge on any atom is 0.309 e. The molecule has 0 N–H and O–H groups in total. The Hall–Kier alpha value is -1.88. The first-order valence-corrected chi connectivity index (χ1v) is 5.32. The lowest BCUT2D eigenvalue weighted by Crippen LogP contribution is -1.96. The van der Waals surface area contributed by atoms with E-state index in [0.29, 0.717) is 10.8 Å². The Balaban J connectivity index is 2.24. The number of carbonyl (C=O) groups is 1. The van der Waals surface area contributed by atoms with Crippen molar-refractivity contribution < 1.29 is 9.53 Å². The van der Waals surface area contributed by atoms with Crippen molar-refractivity contribution in [2.75, 3.05) is 7.11 Å². The molecule has 5 nitrogen and oxygen atoms in total. The van der Waals surface area contributed by atoms with E-state index in [9.17, 15) is 4.79 Å². The van der Waals surface area contributed by atoms with Crippen molar-refractivity contribution in [3.63, 3.8) is 0 Å². The van der Waals surface area contributed by atoms with Gasteiger partial charge in [-0.3, -0.25) is 4.79 Å². The molecule has 0 radical (unpaired) electrons. The minimum atomic E-state index is -0.288. The molecule has 2 aromatic heterocycles. The Morgan fingerprint density at radius 3 is 3.24 bits per heavy atom. The van der Waals surface area contributed by atoms with E-state index < -0.39 is 0 Å². The smallest absolute Gasteiger partial charge is 0.309 e.